The fraction of sp³-hybridized carbons (Fsp3) is 0.429. The third kappa shape index (κ3) is 2.68. The molecule has 0 saturated carbocycles. The van der Waals surface area contributed by atoms with Gasteiger partial charge in [-0.25, -0.2) is 4.68 Å². The van der Waals surface area contributed by atoms with Crippen molar-refractivity contribution in [1.29, 1.82) is 0 Å². The maximum Gasteiger partial charge on any atom is 0.310 e. The molecular formula is C14H18N4O2. The van der Waals surface area contributed by atoms with E-state index in [4.69, 9.17) is 0 Å². The van der Waals surface area contributed by atoms with Crippen molar-refractivity contribution in [2.24, 2.45) is 5.41 Å². The fourth-order valence-corrected chi connectivity index (χ4v) is 1.92. The van der Waals surface area contributed by atoms with Gasteiger partial charge < -0.3 is 5.11 Å². The Morgan fingerprint density at radius 2 is 2.05 bits per heavy atom. The van der Waals surface area contributed by atoms with Gasteiger partial charge in [0.15, 0.2) is 5.82 Å². The maximum atomic E-state index is 11.2. The van der Waals surface area contributed by atoms with Gasteiger partial charge in [-0.05, 0) is 49.8 Å². The SMILES string of the molecule is Cc1ccc(C)c(-c2nnnn2CC(C)(C)C(=O)O)c1. The Bertz CT molecular complexity index is 646. The molecule has 1 N–H and O–H groups in total. The number of rotatable bonds is 4. The van der Waals surface area contributed by atoms with Crippen LogP contribution in [0.3, 0.4) is 0 Å². The molecule has 1 heterocycles. The summed E-state index contributed by atoms with van der Waals surface area (Å²) in [4.78, 5) is 11.2. The van der Waals surface area contributed by atoms with Gasteiger partial charge in [0, 0.05) is 5.56 Å². The molecule has 0 unspecified atom stereocenters. The first-order valence-corrected chi connectivity index (χ1v) is 6.38. The quantitative estimate of drug-likeness (QED) is 0.923. The summed E-state index contributed by atoms with van der Waals surface area (Å²) >= 11 is 0. The van der Waals surface area contributed by atoms with Gasteiger partial charge >= 0.3 is 5.97 Å². The number of tetrazole rings is 1. The second-order valence-corrected chi connectivity index (χ2v) is 5.67. The van der Waals surface area contributed by atoms with Crippen molar-refractivity contribution in [2.45, 2.75) is 34.2 Å². The zero-order valence-electron chi connectivity index (χ0n) is 12.1. The second-order valence-electron chi connectivity index (χ2n) is 5.67. The van der Waals surface area contributed by atoms with Gasteiger partial charge in [-0.15, -0.1) is 5.10 Å². The lowest BCUT2D eigenvalue weighted by atomic mass is 9.94. The Morgan fingerprint density at radius 1 is 1.35 bits per heavy atom. The largest absolute Gasteiger partial charge is 0.481 e. The normalized spacial score (nSPS) is 11.6. The average molecular weight is 274 g/mol. The van der Waals surface area contributed by atoms with Gasteiger partial charge in [0.2, 0.25) is 0 Å². The molecule has 0 amide bonds. The van der Waals surface area contributed by atoms with Crippen molar-refractivity contribution < 1.29 is 9.90 Å². The van der Waals surface area contributed by atoms with Crippen molar-refractivity contribution in [3.8, 4) is 11.4 Å². The summed E-state index contributed by atoms with van der Waals surface area (Å²) in [6, 6.07) is 6.03. The van der Waals surface area contributed by atoms with Gasteiger partial charge in [-0.3, -0.25) is 4.79 Å². The highest BCUT2D eigenvalue weighted by molar-refractivity contribution is 5.73. The number of carbonyl (C=O) groups is 1. The predicted molar refractivity (Wildman–Crippen MR) is 74.1 cm³/mol. The minimum atomic E-state index is -0.929. The number of aromatic nitrogens is 4. The molecule has 0 spiro atoms. The van der Waals surface area contributed by atoms with Crippen LogP contribution < -0.4 is 0 Å². The van der Waals surface area contributed by atoms with E-state index in [2.05, 4.69) is 15.5 Å². The number of hydrogen-bond acceptors (Lipinski definition) is 4. The number of hydrogen-bond donors (Lipinski definition) is 1. The first-order valence-electron chi connectivity index (χ1n) is 6.38. The Morgan fingerprint density at radius 3 is 2.70 bits per heavy atom. The van der Waals surface area contributed by atoms with Crippen LogP contribution in [0.2, 0.25) is 0 Å². The van der Waals surface area contributed by atoms with E-state index < -0.39 is 11.4 Å². The molecule has 1 aromatic heterocycles. The summed E-state index contributed by atoms with van der Waals surface area (Å²) in [5, 5.41) is 20.9. The molecular weight excluding hydrogens is 256 g/mol. The molecule has 1 aromatic carbocycles. The number of benzene rings is 1. The van der Waals surface area contributed by atoms with Crippen LogP contribution in [0.4, 0.5) is 0 Å². The van der Waals surface area contributed by atoms with E-state index in [1.54, 1.807) is 18.5 Å². The van der Waals surface area contributed by atoms with Gasteiger partial charge in [0.05, 0.1) is 12.0 Å². The third-order valence-corrected chi connectivity index (χ3v) is 3.29. The third-order valence-electron chi connectivity index (χ3n) is 3.29. The van der Waals surface area contributed by atoms with Crippen molar-refractivity contribution in [1.82, 2.24) is 20.2 Å². The van der Waals surface area contributed by atoms with Gasteiger partial charge in [-0.2, -0.15) is 0 Å². The maximum absolute atomic E-state index is 11.2. The molecule has 0 saturated heterocycles. The Balaban J connectivity index is 2.43. The lowest BCUT2D eigenvalue weighted by molar-refractivity contribution is -0.147. The molecule has 106 valence electrons. The topological polar surface area (TPSA) is 80.9 Å². The Hall–Kier alpha value is -2.24. The van der Waals surface area contributed by atoms with Crippen molar-refractivity contribution in [2.75, 3.05) is 0 Å². The van der Waals surface area contributed by atoms with E-state index in [-0.39, 0.29) is 6.54 Å². The molecule has 0 aliphatic rings. The monoisotopic (exact) mass is 274 g/mol. The van der Waals surface area contributed by atoms with E-state index in [1.165, 1.54) is 0 Å². The van der Waals surface area contributed by atoms with Crippen LogP contribution in [0.5, 0.6) is 0 Å². The lowest BCUT2D eigenvalue weighted by Gasteiger charge is -2.19. The van der Waals surface area contributed by atoms with Crippen LogP contribution in [-0.4, -0.2) is 31.3 Å². The van der Waals surface area contributed by atoms with Crippen LogP contribution in [0.15, 0.2) is 18.2 Å². The number of nitrogens with zero attached hydrogens (tertiary/aromatic N) is 4. The Labute approximate surface area is 117 Å². The number of carboxylic acids is 1. The lowest BCUT2D eigenvalue weighted by Crippen LogP contribution is -2.30. The summed E-state index contributed by atoms with van der Waals surface area (Å²) in [7, 11) is 0. The smallest absolute Gasteiger partial charge is 0.310 e. The molecule has 0 atom stereocenters. The highest BCUT2D eigenvalue weighted by atomic mass is 16.4. The molecule has 0 bridgehead atoms. The second kappa shape index (κ2) is 5.03. The summed E-state index contributed by atoms with van der Waals surface area (Å²) in [6.45, 7) is 7.51. The zero-order valence-corrected chi connectivity index (χ0v) is 12.1. The van der Waals surface area contributed by atoms with E-state index in [9.17, 15) is 9.90 Å². The molecule has 2 aromatic rings. The summed E-state index contributed by atoms with van der Waals surface area (Å²) in [5.41, 5.74) is 2.16. The van der Waals surface area contributed by atoms with Crippen molar-refractivity contribution >= 4 is 5.97 Å². The molecule has 0 radical (unpaired) electrons. The molecule has 6 nitrogen and oxygen atoms in total. The van der Waals surface area contributed by atoms with E-state index in [0.29, 0.717) is 5.82 Å². The first-order chi connectivity index (χ1) is 9.31. The van der Waals surface area contributed by atoms with Gasteiger partial charge in [-0.1, -0.05) is 17.7 Å². The molecule has 2 rings (SSSR count). The van der Waals surface area contributed by atoms with Crippen LogP contribution >= 0.6 is 0 Å². The van der Waals surface area contributed by atoms with Gasteiger partial charge in [0.25, 0.3) is 0 Å². The number of carboxylic acid groups (broad SMARTS) is 1. The Kier molecular flexibility index (Phi) is 3.57. The van der Waals surface area contributed by atoms with E-state index >= 15 is 0 Å². The zero-order chi connectivity index (χ0) is 14.9. The van der Waals surface area contributed by atoms with E-state index in [1.807, 2.05) is 32.0 Å². The predicted octanol–water partition coefficient (Wildman–Crippen LogP) is 2.07. The minimum Gasteiger partial charge on any atom is -0.481 e. The van der Waals surface area contributed by atoms with Crippen molar-refractivity contribution in [3.05, 3.63) is 29.3 Å². The highest BCUT2D eigenvalue weighted by Crippen LogP contribution is 2.25. The van der Waals surface area contributed by atoms with Crippen LogP contribution in [0, 0.1) is 19.3 Å². The van der Waals surface area contributed by atoms with Crippen LogP contribution in [0.25, 0.3) is 11.4 Å². The van der Waals surface area contributed by atoms with Crippen molar-refractivity contribution in [3.63, 3.8) is 0 Å². The molecule has 0 fully saturated rings. The van der Waals surface area contributed by atoms with Crippen LogP contribution in [-0.2, 0) is 11.3 Å². The molecule has 0 aliphatic heterocycles. The summed E-state index contributed by atoms with van der Waals surface area (Å²) in [5.74, 6) is -0.277. The first kappa shape index (κ1) is 14.2. The standard InChI is InChI=1S/C14H18N4O2/c1-9-5-6-10(2)11(7-9)12-15-16-17-18(12)8-14(3,4)13(19)20/h5-7H,8H2,1-4H3,(H,19,20). The summed E-state index contributed by atoms with van der Waals surface area (Å²) < 4.78 is 1.55. The van der Waals surface area contributed by atoms with Crippen LogP contribution in [0.1, 0.15) is 25.0 Å². The summed E-state index contributed by atoms with van der Waals surface area (Å²) in [6.07, 6.45) is 0. The number of aliphatic carboxylic acids is 1. The van der Waals surface area contributed by atoms with Gasteiger partial charge in [0.1, 0.15) is 0 Å². The number of aryl methyl sites for hydroxylation is 2. The minimum absolute atomic E-state index is 0.220. The fourth-order valence-electron chi connectivity index (χ4n) is 1.92. The molecule has 20 heavy (non-hydrogen) atoms. The highest BCUT2D eigenvalue weighted by Gasteiger charge is 2.29. The van der Waals surface area contributed by atoms with E-state index in [0.717, 1.165) is 16.7 Å². The molecule has 0 aliphatic carbocycles. The average Bonchev–Trinajstić information content (AvgIpc) is 2.79. The molecule has 6 heteroatoms.